The fourth-order valence-corrected chi connectivity index (χ4v) is 4.30. The number of β-amino-alcohol motifs (C(OH)–C–C–N with tert-alkyl or cyclic N) is 1. The molecule has 2 heterocycles. The van der Waals surface area contributed by atoms with Gasteiger partial charge in [0.1, 0.15) is 5.70 Å². The van der Waals surface area contributed by atoms with E-state index in [-0.39, 0.29) is 24.8 Å². The molecule has 8 nitrogen and oxygen atoms in total. The number of rotatable bonds is 6. The maximum absolute atomic E-state index is 12.8. The summed E-state index contributed by atoms with van der Waals surface area (Å²) in [6.45, 7) is 3.82. The molecule has 9 heteroatoms. The van der Waals surface area contributed by atoms with Crippen molar-refractivity contribution >= 4 is 40.7 Å². The topological polar surface area (TPSA) is 93.2 Å². The average molecular weight is 469 g/mol. The highest BCUT2D eigenvalue weighted by Crippen LogP contribution is 2.36. The van der Waals surface area contributed by atoms with Crippen LogP contribution in [0.3, 0.4) is 0 Å². The predicted molar refractivity (Wildman–Crippen MR) is 126 cm³/mol. The van der Waals surface area contributed by atoms with Crippen LogP contribution in [0.5, 0.6) is 0 Å². The zero-order valence-corrected chi connectivity index (χ0v) is 19.0. The molecule has 0 aliphatic carbocycles. The number of aliphatic hydroxyl groups excluding tert-OH is 1. The smallest absolute Gasteiger partial charge is 0.277 e. The quantitative estimate of drug-likeness (QED) is 0.632. The van der Waals surface area contributed by atoms with Crippen LogP contribution in [0, 0.1) is 6.92 Å². The van der Waals surface area contributed by atoms with Crippen LogP contribution in [0.25, 0.3) is 0 Å². The standard InChI is InChI=1S/C24H25ClN4O4/c1-16-5-7-17(8-6-16)23(32)28-11-9-27(10-12-28)22-18(25)3-2-4-19(22)26-20-15-21(31)29(13-14-30)24(20)33/h2-8,15,26,30H,9-14H2,1H3. The first-order chi connectivity index (χ1) is 15.9. The molecule has 3 amide bonds. The van der Waals surface area contributed by atoms with Crippen molar-refractivity contribution < 1.29 is 19.5 Å². The number of piperazine rings is 1. The van der Waals surface area contributed by atoms with E-state index in [1.54, 1.807) is 18.2 Å². The molecular formula is C24H25ClN4O4. The van der Waals surface area contributed by atoms with Crippen LogP contribution < -0.4 is 10.2 Å². The lowest BCUT2D eigenvalue weighted by atomic mass is 10.1. The third-order valence-electron chi connectivity index (χ3n) is 5.77. The second-order valence-corrected chi connectivity index (χ2v) is 8.39. The maximum Gasteiger partial charge on any atom is 0.277 e. The Morgan fingerprint density at radius 2 is 1.76 bits per heavy atom. The second-order valence-electron chi connectivity index (χ2n) is 7.98. The van der Waals surface area contributed by atoms with Crippen molar-refractivity contribution in [2.24, 2.45) is 0 Å². The summed E-state index contributed by atoms with van der Waals surface area (Å²) in [6, 6.07) is 12.9. The van der Waals surface area contributed by atoms with E-state index in [1.807, 2.05) is 36.1 Å². The minimum Gasteiger partial charge on any atom is -0.395 e. The van der Waals surface area contributed by atoms with E-state index in [1.165, 1.54) is 6.08 Å². The molecule has 1 saturated heterocycles. The van der Waals surface area contributed by atoms with Crippen molar-refractivity contribution in [3.05, 3.63) is 70.4 Å². The number of aliphatic hydroxyl groups is 1. The molecule has 0 bridgehead atoms. The Hall–Kier alpha value is -3.36. The Morgan fingerprint density at radius 3 is 2.42 bits per heavy atom. The van der Waals surface area contributed by atoms with Crippen LogP contribution in [-0.2, 0) is 9.59 Å². The highest BCUT2D eigenvalue weighted by molar-refractivity contribution is 6.34. The number of nitrogens with zero attached hydrogens (tertiary/aromatic N) is 3. The van der Waals surface area contributed by atoms with Gasteiger partial charge in [-0.3, -0.25) is 19.3 Å². The van der Waals surface area contributed by atoms with Crippen LogP contribution in [0.1, 0.15) is 15.9 Å². The molecule has 2 aromatic carbocycles. The fraction of sp³-hybridized carbons (Fsp3) is 0.292. The molecule has 0 saturated carbocycles. The van der Waals surface area contributed by atoms with Gasteiger partial charge in [-0.25, -0.2) is 0 Å². The van der Waals surface area contributed by atoms with Crippen molar-refractivity contribution in [1.29, 1.82) is 0 Å². The fourth-order valence-electron chi connectivity index (χ4n) is 4.00. The van der Waals surface area contributed by atoms with Gasteiger partial charge in [0.05, 0.1) is 29.5 Å². The van der Waals surface area contributed by atoms with E-state index in [2.05, 4.69) is 10.2 Å². The second kappa shape index (κ2) is 9.64. The van der Waals surface area contributed by atoms with Crippen LogP contribution in [-0.4, -0.2) is 72.0 Å². The van der Waals surface area contributed by atoms with Gasteiger partial charge in [-0.15, -0.1) is 0 Å². The van der Waals surface area contributed by atoms with Crippen LogP contribution in [0.4, 0.5) is 11.4 Å². The third kappa shape index (κ3) is 4.72. The van der Waals surface area contributed by atoms with Gasteiger partial charge < -0.3 is 20.2 Å². The van der Waals surface area contributed by atoms with Gasteiger partial charge in [0.15, 0.2) is 0 Å². The van der Waals surface area contributed by atoms with Gasteiger partial charge in [0.25, 0.3) is 17.7 Å². The number of benzene rings is 2. The summed E-state index contributed by atoms with van der Waals surface area (Å²) < 4.78 is 0. The maximum atomic E-state index is 12.8. The summed E-state index contributed by atoms with van der Waals surface area (Å²) in [4.78, 5) is 42.3. The molecular weight excluding hydrogens is 444 g/mol. The van der Waals surface area contributed by atoms with Crippen LogP contribution in [0.2, 0.25) is 5.02 Å². The van der Waals surface area contributed by atoms with E-state index < -0.39 is 11.8 Å². The van der Waals surface area contributed by atoms with Gasteiger partial charge in [-0.1, -0.05) is 35.4 Å². The van der Waals surface area contributed by atoms with Crippen molar-refractivity contribution in [3.63, 3.8) is 0 Å². The Labute approximate surface area is 197 Å². The normalized spacial score (nSPS) is 16.3. The molecule has 2 aliphatic heterocycles. The Morgan fingerprint density at radius 1 is 1.06 bits per heavy atom. The summed E-state index contributed by atoms with van der Waals surface area (Å²) in [7, 11) is 0. The predicted octanol–water partition coefficient (Wildman–Crippen LogP) is 2.27. The van der Waals surface area contributed by atoms with Crippen LogP contribution >= 0.6 is 11.6 Å². The number of halogens is 1. The minimum atomic E-state index is -0.492. The first kappa shape index (κ1) is 22.8. The third-order valence-corrected chi connectivity index (χ3v) is 6.08. The summed E-state index contributed by atoms with van der Waals surface area (Å²) in [5.74, 6) is -0.965. The Balaban J connectivity index is 1.48. The van der Waals surface area contributed by atoms with E-state index in [0.29, 0.717) is 48.1 Å². The van der Waals surface area contributed by atoms with Gasteiger partial charge in [-0.05, 0) is 31.2 Å². The molecule has 2 aromatic rings. The number of imide groups is 1. The molecule has 0 unspecified atom stereocenters. The van der Waals surface area contributed by atoms with E-state index >= 15 is 0 Å². The number of aryl methyl sites for hydroxylation is 1. The van der Waals surface area contributed by atoms with E-state index in [4.69, 9.17) is 16.7 Å². The van der Waals surface area contributed by atoms with Crippen molar-refractivity contribution in [1.82, 2.24) is 9.80 Å². The Bertz CT molecular complexity index is 1110. The number of nitrogens with one attached hydrogen (secondary N) is 1. The van der Waals surface area contributed by atoms with Gasteiger partial charge in [0, 0.05) is 37.8 Å². The first-order valence-electron chi connectivity index (χ1n) is 10.7. The number of carbonyl (C=O) groups is 3. The molecule has 4 rings (SSSR count). The highest BCUT2D eigenvalue weighted by atomic mass is 35.5. The average Bonchev–Trinajstić information content (AvgIpc) is 3.07. The van der Waals surface area contributed by atoms with Gasteiger partial charge in [-0.2, -0.15) is 0 Å². The molecule has 0 aromatic heterocycles. The molecule has 2 N–H and O–H groups in total. The monoisotopic (exact) mass is 468 g/mol. The van der Waals surface area contributed by atoms with E-state index in [9.17, 15) is 14.4 Å². The number of para-hydroxylation sites is 1. The van der Waals surface area contributed by atoms with Gasteiger partial charge in [0.2, 0.25) is 0 Å². The molecule has 0 radical (unpaired) electrons. The lowest BCUT2D eigenvalue weighted by Gasteiger charge is -2.37. The molecule has 0 spiro atoms. The molecule has 2 aliphatic rings. The van der Waals surface area contributed by atoms with Crippen molar-refractivity contribution in [3.8, 4) is 0 Å². The first-order valence-corrected chi connectivity index (χ1v) is 11.1. The molecule has 0 atom stereocenters. The Kier molecular flexibility index (Phi) is 6.67. The lowest BCUT2D eigenvalue weighted by molar-refractivity contribution is -0.137. The number of carbonyl (C=O) groups excluding carboxylic acids is 3. The SMILES string of the molecule is Cc1ccc(C(=O)N2CCN(c3c(Cl)cccc3NC3=CC(=O)N(CCO)C3=O)CC2)cc1. The van der Waals surface area contributed by atoms with Gasteiger partial charge >= 0.3 is 0 Å². The number of amides is 3. The summed E-state index contributed by atoms with van der Waals surface area (Å²) in [6.07, 6.45) is 1.22. The largest absolute Gasteiger partial charge is 0.395 e. The summed E-state index contributed by atoms with van der Waals surface area (Å²) in [5, 5.41) is 12.6. The lowest BCUT2D eigenvalue weighted by Crippen LogP contribution is -2.49. The molecule has 172 valence electrons. The minimum absolute atomic E-state index is 0.00338. The number of hydrogen-bond donors (Lipinski definition) is 2. The molecule has 1 fully saturated rings. The zero-order valence-electron chi connectivity index (χ0n) is 18.3. The van der Waals surface area contributed by atoms with Crippen molar-refractivity contribution in [2.45, 2.75) is 6.92 Å². The number of hydrogen-bond acceptors (Lipinski definition) is 6. The van der Waals surface area contributed by atoms with E-state index in [0.717, 1.165) is 10.5 Å². The molecule has 33 heavy (non-hydrogen) atoms. The van der Waals surface area contributed by atoms with Crippen LogP contribution in [0.15, 0.2) is 54.2 Å². The highest BCUT2D eigenvalue weighted by Gasteiger charge is 2.32. The van der Waals surface area contributed by atoms with Crippen molar-refractivity contribution in [2.75, 3.05) is 49.5 Å². The number of anilines is 2. The summed E-state index contributed by atoms with van der Waals surface area (Å²) >= 11 is 6.52. The zero-order chi connectivity index (χ0) is 23.5. The summed E-state index contributed by atoms with van der Waals surface area (Å²) in [5.41, 5.74) is 3.21.